The Morgan fingerprint density at radius 3 is 2.76 bits per heavy atom. The Balaban J connectivity index is 2.60. The molecule has 1 aromatic rings. The third-order valence-electron chi connectivity index (χ3n) is 3.29. The van der Waals surface area contributed by atoms with Gasteiger partial charge in [-0.2, -0.15) is 0 Å². The van der Waals surface area contributed by atoms with Gasteiger partial charge in [0.15, 0.2) is 5.72 Å². The van der Waals surface area contributed by atoms with E-state index in [1.807, 2.05) is 4.98 Å². The summed E-state index contributed by atoms with van der Waals surface area (Å²) in [6.07, 6.45) is -3.27. The highest BCUT2D eigenvalue weighted by atomic mass is 16.6. The van der Waals surface area contributed by atoms with Crippen molar-refractivity contribution in [1.82, 2.24) is 9.55 Å². The summed E-state index contributed by atoms with van der Waals surface area (Å²) in [5, 5.41) is 32.4. The number of hydrogen-bond acceptors (Lipinski definition) is 7. The predicted octanol–water partition coefficient (Wildman–Crippen LogP) is -2.39. The molecule has 11 heteroatoms. The maximum absolute atomic E-state index is 11.9. The molecule has 1 aromatic heterocycles. The number of aliphatic hydroxyl groups is 3. The number of H-pyrrole nitrogens is 1. The minimum Gasteiger partial charge on any atom is -0.394 e. The van der Waals surface area contributed by atoms with Gasteiger partial charge < -0.3 is 20.1 Å². The molecule has 2 rings (SSSR count). The number of nitrogens with zero attached hydrogens (tertiary/aromatic N) is 4. The molecule has 1 aliphatic rings. The van der Waals surface area contributed by atoms with E-state index in [-0.39, 0.29) is 0 Å². The number of rotatable bonds is 4. The van der Waals surface area contributed by atoms with Crippen LogP contribution in [-0.2, 0) is 10.5 Å². The zero-order valence-corrected chi connectivity index (χ0v) is 10.7. The van der Waals surface area contributed by atoms with E-state index >= 15 is 0 Å². The van der Waals surface area contributed by atoms with Crippen molar-refractivity contribution >= 4 is 0 Å². The Bertz CT molecular complexity index is 679. The highest BCUT2D eigenvalue weighted by molar-refractivity contribution is 5.03. The van der Waals surface area contributed by atoms with Gasteiger partial charge in [0.1, 0.15) is 18.3 Å². The maximum atomic E-state index is 11.9. The molecule has 1 fully saturated rings. The summed E-state index contributed by atoms with van der Waals surface area (Å²) in [4.78, 5) is 27.5. The molecule has 0 amide bonds. The lowest BCUT2D eigenvalue weighted by Gasteiger charge is -2.32. The van der Waals surface area contributed by atoms with E-state index in [0.29, 0.717) is 0 Å². The van der Waals surface area contributed by atoms with Crippen LogP contribution in [0.25, 0.3) is 10.4 Å². The van der Waals surface area contributed by atoms with Gasteiger partial charge in [-0.05, 0) is 5.53 Å². The molecule has 21 heavy (non-hydrogen) atoms. The average molecular weight is 299 g/mol. The number of azide groups is 1. The molecule has 114 valence electrons. The zero-order valence-electron chi connectivity index (χ0n) is 10.7. The van der Waals surface area contributed by atoms with E-state index in [1.54, 1.807) is 0 Å². The van der Waals surface area contributed by atoms with E-state index in [1.165, 1.54) is 0 Å². The summed E-state index contributed by atoms with van der Waals surface area (Å²) in [7, 11) is 0. The van der Waals surface area contributed by atoms with Crippen molar-refractivity contribution in [1.29, 1.82) is 0 Å². The van der Waals surface area contributed by atoms with E-state index in [2.05, 4.69) is 10.0 Å². The normalized spacial score (nSPS) is 31.9. The maximum Gasteiger partial charge on any atom is 0.330 e. The fourth-order valence-electron chi connectivity index (χ4n) is 2.27. The number of nitrogens with one attached hydrogen (secondary N) is 1. The van der Waals surface area contributed by atoms with E-state index in [0.717, 1.165) is 16.8 Å². The summed E-state index contributed by atoms with van der Waals surface area (Å²) >= 11 is 0. The summed E-state index contributed by atoms with van der Waals surface area (Å²) < 4.78 is 6.17. The van der Waals surface area contributed by atoms with Crippen LogP contribution in [0.1, 0.15) is 0 Å². The second kappa shape index (κ2) is 5.68. The molecule has 0 unspecified atom stereocenters. The standard InChI is InChI=1S/C10H13N5O6/c11-14-12-4-10(8(19)7(18)5(3-16)21-10)15-2-1-6(17)13-9(15)20/h1-2,5,7-8,16,18-19H,3-4H2,(H,13,17,20)/t5-,7-,8-,10-/m1/s1. The number of ether oxygens (including phenoxy) is 1. The zero-order chi connectivity index (χ0) is 15.6. The van der Waals surface area contributed by atoms with Crippen molar-refractivity contribution < 1.29 is 20.1 Å². The fourth-order valence-corrected chi connectivity index (χ4v) is 2.27. The van der Waals surface area contributed by atoms with Crippen LogP contribution in [0.2, 0.25) is 0 Å². The lowest BCUT2D eigenvalue weighted by Crippen LogP contribution is -2.53. The van der Waals surface area contributed by atoms with Gasteiger partial charge in [-0.1, -0.05) is 5.11 Å². The van der Waals surface area contributed by atoms with Crippen LogP contribution in [0.3, 0.4) is 0 Å². The lowest BCUT2D eigenvalue weighted by atomic mass is 10.0. The van der Waals surface area contributed by atoms with Crippen molar-refractivity contribution in [2.24, 2.45) is 5.11 Å². The van der Waals surface area contributed by atoms with Gasteiger partial charge >= 0.3 is 5.69 Å². The molecule has 0 aliphatic carbocycles. The molecule has 2 heterocycles. The quantitative estimate of drug-likeness (QED) is 0.274. The van der Waals surface area contributed by atoms with Crippen LogP contribution in [0, 0.1) is 0 Å². The molecule has 0 radical (unpaired) electrons. The van der Waals surface area contributed by atoms with E-state index in [4.69, 9.17) is 15.4 Å². The molecule has 1 saturated heterocycles. The topological polar surface area (TPSA) is 174 Å². The first-order valence-corrected chi connectivity index (χ1v) is 5.94. The Hall–Kier alpha value is -2.17. The van der Waals surface area contributed by atoms with Crippen molar-refractivity contribution in [3.8, 4) is 0 Å². The van der Waals surface area contributed by atoms with Crippen molar-refractivity contribution in [3.63, 3.8) is 0 Å². The Labute approximate surface area is 116 Å². The second-order valence-corrected chi connectivity index (χ2v) is 4.49. The molecular formula is C10H13N5O6. The summed E-state index contributed by atoms with van der Waals surface area (Å²) in [6.45, 7) is -1.14. The molecule has 0 saturated carbocycles. The van der Waals surface area contributed by atoms with Gasteiger partial charge in [0.25, 0.3) is 5.56 Å². The molecule has 0 aromatic carbocycles. The number of aromatic amines is 1. The number of aromatic nitrogens is 2. The van der Waals surface area contributed by atoms with Crippen LogP contribution in [0.5, 0.6) is 0 Å². The number of aliphatic hydroxyl groups excluding tert-OH is 3. The molecule has 0 spiro atoms. The van der Waals surface area contributed by atoms with Crippen molar-refractivity contribution in [2.75, 3.05) is 13.2 Å². The van der Waals surface area contributed by atoms with Gasteiger partial charge in [-0.15, -0.1) is 0 Å². The average Bonchev–Trinajstić information content (AvgIpc) is 2.70. The minimum atomic E-state index is -1.92. The molecule has 11 nitrogen and oxygen atoms in total. The highest BCUT2D eigenvalue weighted by Crippen LogP contribution is 2.35. The van der Waals surface area contributed by atoms with E-state index < -0.39 is 48.4 Å². The summed E-state index contributed by atoms with van der Waals surface area (Å²) in [5.41, 5.74) is 4.94. The predicted molar refractivity (Wildman–Crippen MR) is 67.3 cm³/mol. The Kier molecular flexibility index (Phi) is 4.11. The van der Waals surface area contributed by atoms with E-state index in [9.17, 15) is 19.8 Å². The van der Waals surface area contributed by atoms with Gasteiger partial charge in [-0.3, -0.25) is 14.3 Å². The molecule has 4 atom stereocenters. The Morgan fingerprint density at radius 1 is 1.52 bits per heavy atom. The first-order valence-electron chi connectivity index (χ1n) is 5.94. The SMILES string of the molecule is [N-]=[N+]=NC[C@@]1(n2ccc(=O)[nH]c2=O)O[C@H](CO)[C@@H](O)[C@H]1O. The summed E-state index contributed by atoms with van der Waals surface area (Å²) in [5.74, 6) is 0. The van der Waals surface area contributed by atoms with Crippen LogP contribution in [0.15, 0.2) is 27.0 Å². The largest absolute Gasteiger partial charge is 0.394 e. The molecule has 4 N–H and O–H groups in total. The van der Waals surface area contributed by atoms with Crippen LogP contribution >= 0.6 is 0 Å². The minimum absolute atomic E-state index is 0.524. The number of hydrogen-bond donors (Lipinski definition) is 4. The van der Waals surface area contributed by atoms with Crippen LogP contribution < -0.4 is 11.2 Å². The first kappa shape index (κ1) is 15.2. The summed E-state index contributed by atoms with van der Waals surface area (Å²) in [6, 6.07) is 1.01. The van der Waals surface area contributed by atoms with Crippen molar-refractivity contribution in [3.05, 3.63) is 43.5 Å². The molecule has 1 aliphatic heterocycles. The van der Waals surface area contributed by atoms with Gasteiger partial charge in [0, 0.05) is 17.2 Å². The molecule has 0 bridgehead atoms. The van der Waals surface area contributed by atoms with Crippen molar-refractivity contribution in [2.45, 2.75) is 24.0 Å². The third-order valence-corrected chi connectivity index (χ3v) is 3.29. The molecular weight excluding hydrogens is 286 g/mol. The van der Waals surface area contributed by atoms with Crippen LogP contribution in [-0.4, -0.2) is 56.3 Å². The monoisotopic (exact) mass is 299 g/mol. The van der Waals surface area contributed by atoms with Gasteiger partial charge in [0.2, 0.25) is 0 Å². The van der Waals surface area contributed by atoms with Gasteiger partial charge in [0.05, 0.1) is 13.2 Å². The third kappa shape index (κ3) is 2.44. The lowest BCUT2D eigenvalue weighted by molar-refractivity contribution is -0.143. The van der Waals surface area contributed by atoms with Crippen LogP contribution in [0.4, 0.5) is 0 Å². The highest BCUT2D eigenvalue weighted by Gasteiger charge is 2.55. The van der Waals surface area contributed by atoms with Gasteiger partial charge in [-0.25, -0.2) is 4.79 Å². The second-order valence-electron chi connectivity index (χ2n) is 4.49. The fraction of sp³-hybridized carbons (Fsp3) is 0.600. The first-order chi connectivity index (χ1) is 9.96. The Morgan fingerprint density at radius 2 is 2.24 bits per heavy atom. The smallest absolute Gasteiger partial charge is 0.330 e.